The third-order valence-corrected chi connectivity index (χ3v) is 4.41. The molecule has 10 heteroatoms. The van der Waals surface area contributed by atoms with Gasteiger partial charge in [0, 0.05) is 31.5 Å². The van der Waals surface area contributed by atoms with E-state index in [-0.39, 0.29) is 16.8 Å². The Morgan fingerprint density at radius 2 is 2.12 bits per heavy atom. The number of halogens is 4. The van der Waals surface area contributed by atoms with E-state index in [1.54, 1.807) is 22.8 Å². The van der Waals surface area contributed by atoms with Crippen molar-refractivity contribution in [2.45, 2.75) is 38.0 Å². The van der Waals surface area contributed by atoms with E-state index in [4.69, 9.17) is 11.6 Å². The topological polar surface area (TPSA) is 56.0 Å². The molecule has 1 atom stereocenters. The van der Waals surface area contributed by atoms with Crippen molar-refractivity contribution in [2.24, 2.45) is 7.05 Å². The lowest BCUT2D eigenvalue weighted by atomic mass is 9.97. The van der Waals surface area contributed by atoms with E-state index in [2.05, 4.69) is 10.2 Å². The minimum atomic E-state index is -4.43. The predicted octanol–water partition coefficient (Wildman–Crippen LogP) is 3.20. The molecule has 3 heterocycles. The fraction of sp³-hybridized carbons (Fsp3) is 0.533. The van der Waals surface area contributed by atoms with Gasteiger partial charge in [-0.3, -0.25) is 14.2 Å². The van der Waals surface area contributed by atoms with Gasteiger partial charge in [-0.05, 0) is 19.3 Å². The summed E-state index contributed by atoms with van der Waals surface area (Å²) in [7, 11) is 1.79. The third kappa shape index (κ3) is 3.97. The Morgan fingerprint density at radius 1 is 1.36 bits per heavy atom. The summed E-state index contributed by atoms with van der Waals surface area (Å²) in [5, 5.41) is 7.81. The summed E-state index contributed by atoms with van der Waals surface area (Å²) >= 11 is 5.97. The van der Waals surface area contributed by atoms with Gasteiger partial charge in [-0.15, -0.1) is 0 Å². The zero-order valence-electron chi connectivity index (χ0n) is 13.5. The van der Waals surface area contributed by atoms with Crippen LogP contribution < -0.4 is 0 Å². The zero-order valence-corrected chi connectivity index (χ0v) is 14.3. The van der Waals surface area contributed by atoms with Crippen LogP contribution in [0.5, 0.6) is 0 Å². The maximum atomic E-state index is 12.8. The van der Waals surface area contributed by atoms with Crippen LogP contribution in [0.2, 0.25) is 5.02 Å². The van der Waals surface area contributed by atoms with Crippen molar-refractivity contribution in [1.29, 1.82) is 0 Å². The summed E-state index contributed by atoms with van der Waals surface area (Å²) in [6.45, 7) is -0.785. The monoisotopic (exact) mass is 375 g/mol. The molecule has 0 spiro atoms. The van der Waals surface area contributed by atoms with E-state index >= 15 is 0 Å². The lowest BCUT2D eigenvalue weighted by Crippen LogP contribution is -2.38. The van der Waals surface area contributed by atoms with Crippen LogP contribution in [0.1, 0.15) is 41.4 Å². The van der Waals surface area contributed by atoms with Gasteiger partial charge >= 0.3 is 6.18 Å². The van der Waals surface area contributed by atoms with Crippen molar-refractivity contribution in [3.63, 3.8) is 0 Å². The number of carbonyl (C=O) groups is 1. The van der Waals surface area contributed by atoms with Gasteiger partial charge in [0.1, 0.15) is 6.54 Å². The van der Waals surface area contributed by atoms with E-state index in [0.717, 1.165) is 31.0 Å². The van der Waals surface area contributed by atoms with Gasteiger partial charge in [-0.2, -0.15) is 23.4 Å². The Kier molecular flexibility index (Phi) is 4.77. The Hall–Kier alpha value is -2.03. The summed E-state index contributed by atoms with van der Waals surface area (Å²) in [6, 6.07) is -0.182. The minimum absolute atomic E-state index is 0.0789. The molecule has 1 unspecified atom stereocenters. The normalized spacial score (nSPS) is 18.6. The second-order valence-electron chi connectivity index (χ2n) is 6.10. The largest absolute Gasteiger partial charge is 0.408 e. The quantitative estimate of drug-likeness (QED) is 0.827. The predicted molar refractivity (Wildman–Crippen MR) is 84.1 cm³/mol. The number of alkyl halides is 3. The first-order chi connectivity index (χ1) is 11.7. The number of amides is 1. The Morgan fingerprint density at radius 3 is 2.76 bits per heavy atom. The molecular weight excluding hydrogens is 359 g/mol. The summed E-state index contributed by atoms with van der Waals surface area (Å²) in [4.78, 5) is 14.5. The molecule has 6 nitrogen and oxygen atoms in total. The van der Waals surface area contributed by atoms with Crippen molar-refractivity contribution in [2.75, 3.05) is 6.54 Å². The number of carbonyl (C=O) groups excluding carboxylic acids is 1. The molecule has 1 fully saturated rings. The van der Waals surface area contributed by atoms with Gasteiger partial charge in [-0.25, -0.2) is 0 Å². The molecule has 25 heavy (non-hydrogen) atoms. The minimum Gasteiger partial charge on any atom is -0.330 e. The fourth-order valence-corrected chi connectivity index (χ4v) is 3.31. The van der Waals surface area contributed by atoms with Crippen LogP contribution in [-0.2, 0) is 13.6 Å². The second-order valence-corrected chi connectivity index (χ2v) is 6.50. The number of aromatic nitrogens is 4. The molecule has 2 aromatic rings. The molecule has 136 valence electrons. The lowest BCUT2D eigenvalue weighted by Gasteiger charge is -2.34. The number of piperidine rings is 1. The van der Waals surface area contributed by atoms with Gasteiger partial charge in [-0.1, -0.05) is 11.6 Å². The molecular formula is C15H17ClF3N5O. The van der Waals surface area contributed by atoms with Crippen LogP contribution in [0, 0.1) is 0 Å². The van der Waals surface area contributed by atoms with Gasteiger partial charge in [0.2, 0.25) is 0 Å². The van der Waals surface area contributed by atoms with Gasteiger partial charge in [0.15, 0.2) is 5.69 Å². The highest BCUT2D eigenvalue weighted by Crippen LogP contribution is 2.32. The zero-order chi connectivity index (χ0) is 18.2. The molecule has 0 bridgehead atoms. The van der Waals surface area contributed by atoms with Crippen molar-refractivity contribution in [3.05, 3.63) is 34.9 Å². The molecule has 2 aromatic heterocycles. The van der Waals surface area contributed by atoms with Crippen LogP contribution in [0.3, 0.4) is 0 Å². The van der Waals surface area contributed by atoms with Crippen LogP contribution in [-0.4, -0.2) is 43.1 Å². The molecule has 1 aliphatic heterocycles. The van der Waals surface area contributed by atoms with Crippen molar-refractivity contribution >= 4 is 17.5 Å². The Labute approximate surface area is 147 Å². The average molecular weight is 376 g/mol. The summed E-state index contributed by atoms with van der Waals surface area (Å²) in [6.07, 6.45) is 2.67. The van der Waals surface area contributed by atoms with Crippen molar-refractivity contribution < 1.29 is 18.0 Å². The first kappa shape index (κ1) is 17.8. The van der Waals surface area contributed by atoms with E-state index < -0.39 is 18.6 Å². The third-order valence-electron chi connectivity index (χ3n) is 4.13. The van der Waals surface area contributed by atoms with E-state index in [1.165, 1.54) is 0 Å². The highest BCUT2D eigenvalue weighted by molar-refractivity contribution is 6.33. The number of hydrogen-bond donors (Lipinski definition) is 0. The number of hydrogen-bond acceptors (Lipinski definition) is 3. The van der Waals surface area contributed by atoms with Crippen molar-refractivity contribution in [3.8, 4) is 0 Å². The number of nitrogens with zero attached hydrogens (tertiary/aromatic N) is 5. The van der Waals surface area contributed by atoms with Gasteiger partial charge in [0.25, 0.3) is 5.91 Å². The number of aryl methyl sites for hydroxylation is 1. The highest BCUT2D eigenvalue weighted by Gasteiger charge is 2.33. The maximum Gasteiger partial charge on any atom is 0.408 e. The standard InChI is InChI=1S/C15H17ClF3N5O/c1-22-7-10(6-20-22)12-4-2-3-5-24(12)14(25)13-11(16)8-23(21-13)9-15(17,18)19/h6-8,12H,2-5,9H2,1H3. The van der Waals surface area contributed by atoms with Gasteiger partial charge in [0.05, 0.1) is 17.3 Å². The number of rotatable bonds is 3. The molecule has 1 aliphatic rings. The van der Waals surface area contributed by atoms with E-state index in [9.17, 15) is 18.0 Å². The second kappa shape index (κ2) is 6.70. The molecule has 3 rings (SSSR count). The summed E-state index contributed by atoms with van der Waals surface area (Å²) in [5.41, 5.74) is 0.739. The van der Waals surface area contributed by atoms with Crippen LogP contribution in [0.15, 0.2) is 18.6 Å². The molecule has 0 radical (unpaired) electrons. The average Bonchev–Trinajstić information content (AvgIpc) is 3.11. The van der Waals surface area contributed by atoms with E-state index in [0.29, 0.717) is 11.2 Å². The first-order valence-corrected chi connectivity index (χ1v) is 8.21. The van der Waals surface area contributed by atoms with Crippen LogP contribution >= 0.6 is 11.6 Å². The van der Waals surface area contributed by atoms with Crippen molar-refractivity contribution in [1.82, 2.24) is 24.5 Å². The Balaban J connectivity index is 1.85. The Bertz CT molecular complexity index is 770. The van der Waals surface area contributed by atoms with Gasteiger partial charge < -0.3 is 4.90 Å². The highest BCUT2D eigenvalue weighted by atomic mass is 35.5. The molecule has 0 saturated carbocycles. The summed E-state index contributed by atoms with van der Waals surface area (Å²) in [5.74, 6) is -0.459. The van der Waals surface area contributed by atoms with Crippen LogP contribution in [0.25, 0.3) is 0 Å². The van der Waals surface area contributed by atoms with Crippen LogP contribution in [0.4, 0.5) is 13.2 Å². The smallest absolute Gasteiger partial charge is 0.330 e. The molecule has 0 N–H and O–H groups in total. The SMILES string of the molecule is Cn1cc(C2CCCCN2C(=O)c2nn(CC(F)(F)F)cc2Cl)cn1. The maximum absolute atomic E-state index is 12.8. The fourth-order valence-electron chi connectivity index (χ4n) is 3.08. The molecule has 1 saturated heterocycles. The van der Waals surface area contributed by atoms with E-state index in [1.807, 2.05) is 6.20 Å². The molecule has 0 aromatic carbocycles. The number of likely N-dealkylation sites (tertiary alicyclic amines) is 1. The molecule has 0 aliphatic carbocycles. The first-order valence-electron chi connectivity index (χ1n) is 7.84. The molecule has 1 amide bonds. The lowest BCUT2D eigenvalue weighted by molar-refractivity contribution is -0.142. The summed E-state index contributed by atoms with van der Waals surface area (Å²) < 4.78 is 39.8.